The zero-order valence-corrected chi connectivity index (χ0v) is 26.7. The van der Waals surface area contributed by atoms with E-state index in [9.17, 15) is 0 Å². The topological polar surface area (TPSA) is 0 Å². The van der Waals surface area contributed by atoms with Gasteiger partial charge in [0.05, 0.1) is 0 Å². The van der Waals surface area contributed by atoms with Crippen LogP contribution >= 0.6 is 15.9 Å². The van der Waals surface area contributed by atoms with Crippen LogP contribution in [0.5, 0.6) is 0 Å². The molecular weight excluding hydrogens is 620 g/mol. The van der Waals surface area contributed by atoms with Crippen molar-refractivity contribution in [3.8, 4) is 44.5 Å². The van der Waals surface area contributed by atoms with Crippen LogP contribution in [0.1, 0.15) is 45.2 Å². The van der Waals surface area contributed by atoms with E-state index in [0.717, 1.165) is 0 Å². The van der Waals surface area contributed by atoms with Crippen molar-refractivity contribution in [3.63, 3.8) is 0 Å². The summed E-state index contributed by atoms with van der Waals surface area (Å²) in [7, 11) is 0. The van der Waals surface area contributed by atoms with E-state index in [1.165, 1.54) is 82.4 Å². The fraction of sp³-hybridized carbons (Fsp3) is 0.0667. The minimum atomic E-state index is 0.0420. The molecule has 46 heavy (non-hydrogen) atoms. The third-order valence-corrected chi connectivity index (χ3v) is 11.5. The van der Waals surface area contributed by atoms with Crippen LogP contribution in [0.25, 0.3) is 44.5 Å². The fourth-order valence-electron chi connectivity index (χ4n) is 9.01. The molecule has 3 atom stereocenters. The molecule has 0 amide bonds. The van der Waals surface area contributed by atoms with Crippen LogP contribution < -0.4 is 0 Å². The summed E-state index contributed by atoms with van der Waals surface area (Å²) < 4.78 is 1.23. The van der Waals surface area contributed by atoms with Gasteiger partial charge in [0.25, 0.3) is 0 Å². The average Bonchev–Trinajstić information content (AvgIpc) is 3.34. The zero-order chi connectivity index (χ0) is 30.4. The van der Waals surface area contributed by atoms with Crippen LogP contribution in [0.15, 0.2) is 168 Å². The van der Waals surface area contributed by atoms with Crippen LogP contribution in [0, 0.1) is 0 Å². The number of halogens is 1. The SMILES string of the molecule is Brc1ccc(-c2cccc(-c3cc(-c4ccccc4)cc(-c4ccccc4)c3)c2)c2c1C1c3ccccc3C13c1ccccc1C23. The van der Waals surface area contributed by atoms with E-state index >= 15 is 0 Å². The minimum absolute atomic E-state index is 0.0420. The van der Waals surface area contributed by atoms with Gasteiger partial charge in [0.1, 0.15) is 0 Å². The van der Waals surface area contributed by atoms with Crippen molar-refractivity contribution >= 4 is 15.9 Å². The first kappa shape index (κ1) is 26.3. The molecule has 0 heterocycles. The normalized spacial score (nSPS) is 19.5. The van der Waals surface area contributed by atoms with E-state index in [1.54, 1.807) is 0 Å². The lowest BCUT2D eigenvalue weighted by molar-refractivity contribution is 0.332. The molecule has 0 aromatic heterocycles. The molecule has 1 spiro atoms. The summed E-state index contributed by atoms with van der Waals surface area (Å²) in [5.41, 5.74) is 19.0. The minimum Gasteiger partial charge on any atom is -0.0622 e. The number of fused-ring (bicyclic) bond motifs is 7. The third kappa shape index (κ3) is 3.44. The summed E-state index contributed by atoms with van der Waals surface area (Å²) in [4.78, 5) is 0. The van der Waals surface area contributed by atoms with Gasteiger partial charge in [-0.15, -0.1) is 0 Å². The predicted octanol–water partition coefficient (Wildman–Crippen LogP) is 12.0. The Morgan fingerprint density at radius 1 is 0.370 bits per heavy atom. The van der Waals surface area contributed by atoms with Gasteiger partial charge in [0.2, 0.25) is 0 Å². The van der Waals surface area contributed by atoms with Gasteiger partial charge >= 0.3 is 0 Å². The molecule has 0 bridgehead atoms. The molecule has 0 fully saturated rings. The Balaban J connectivity index is 1.16. The van der Waals surface area contributed by atoms with E-state index in [2.05, 4.69) is 180 Å². The molecule has 3 aliphatic carbocycles. The molecule has 7 aromatic carbocycles. The van der Waals surface area contributed by atoms with Crippen LogP contribution in [-0.2, 0) is 5.41 Å². The maximum absolute atomic E-state index is 4.04. The average molecular weight is 650 g/mol. The van der Waals surface area contributed by atoms with Crippen molar-refractivity contribution in [1.82, 2.24) is 0 Å². The van der Waals surface area contributed by atoms with Crippen LogP contribution in [0.2, 0.25) is 0 Å². The molecule has 0 saturated heterocycles. The summed E-state index contributed by atoms with van der Waals surface area (Å²) in [6.07, 6.45) is 0. The van der Waals surface area contributed by atoms with Gasteiger partial charge in [-0.1, -0.05) is 149 Å². The quantitative estimate of drug-likeness (QED) is 0.178. The maximum Gasteiger partial charge on any atom is 0.0427 e. The summed E-state index contributed by atoms with van der Waals surface area (Å²) in [6, 6.07) is 60.6. The smallest absolute Gasteiger partial charge is 0.0427 e. The Labute approximate surface area is 278 Å². The largest absolute Gasteiger partial charge is 0.0622 e. The lowest BCUT2D eigenvalue weighted by Crippen LogP contribution is -2.52. The van der Waals surface area contributed by atoms with Crippen molar-refractivity contribution in [2.45, 2.75) is 17.3 Å². The molecule has 0 nitrogen and oxygen atoms in total. The first-order valence-corrected chi connectivity index (χ1v) is 16.9. The van der Waals surface area contributed by atoms with Gasteiger partial charge in [0.15, 0.2) is 0 Å². The molecule has 10 rings (SSSR count). The second kappa shape index (κ2) is 9.76. The highest BCUT2D eigenvalue weighted by atomic mass is 79.9. The number of hydrogen-bond donors (Lipinski definition) is 0. The Morgan fingerprint density at radius 2 is 0.826 bits per heavy atom. The summed E-state index contributed by atoms with van der Waals surface area (Å²) in [5, 5.41) is 0. The molecule has 216 valence electrons. The predicted molar refractivity (Wildman–Crippen MR) is 193 cm³/mol. The van der Waals surface area contributed by atoms with Gasteiger partial charge < -0.3 is 0 Å². The summed E-state index contributed by atoms with van der Waals surface area (Å²) in [6.45, 7) is 0. The van der Waals surface area contributed by atoms with E-state index in [4.69, 9.17) is 0 Å². The Hall–Kier alpha value is -4.98. The zero-order valence-electron chi connectivity index (χ0n) is 25.1. The second-order valence-corrected chi connectivity index (χ2v) is 13.8. The highest BCUT2D eigenvalue weighted by Crippen LogP contribution is 2.78. The highest BCUT2D eigenvalue weighted by molar-refractivity contribution is 9.10. The van der Waals surface area contributed by atoms with Gasteiger partial charge in [-0.05, 0) is 108 Å². The molecular formula is C45H29Br. The van der Waals surface area contributed by atoms with E-state index in [0.29, 0.717) is 11.8 Å². The summed E-state index contributed by atoms with van der Waals surface area (Å²) in [5.74, 6) is 0.743. The summed E-state index contributed by atoms with van der Waals surface area (Å²) >= 11 is 4.04. The Bertz CT molecular complexity index is 2280. The van der Waals surface area contributed by atoms with Crippen molar-refractivity contribution in [3.05, 3.63) is 202 Å². The molecule has 0 saturated carbocycles. The second-order valence-electron chi connectivity index (χ2n) is 12.9. The van der Waals surface area contributed by atoms with E-state index in [-0.39, 0.29) is 5.41 Å². The van der Waals surface area contributed by atoms with Crippen LogP contribution in [0.3, 0.4) is 0 Å². The first-order chi connectivity index (χ1) is 22.7. The van der Waals surface area contributed by atoms with Crippen molar-refractivity contribution in [2.24, 2.45) is 0 Å². The molecule has 0 N–H and O–H groups in total. The van der Waals surface area contributed by atoms with Crippen molar-refractivity contribution in [2.75, 3.05) is 0 Å². The third-order valence-electron chi connectivity index (χ3n) is 10.8. The van der Waals surface area contributed by atoms with E-state index < -0.39 is 0 Å². The monoisotopic (exact) mass is 648 g/mol. The molecule has 3 aliphatic rings. The number of rotatable bonds is 4. The first-order valence-electron chi connectivity index (χ1n) is 16.1. The van der Waals surface area contributed by atoms with Crippen LogP contribution in [0.4, 0.5) is 0 Å². The standard InChI is InChI=1S/C45H29Br/c46-40-23-22-35(41-42(40)44-37-19-8-10-21-39(37)45(44)38-20-9-7-18-36(38)43(41)45)31-17-11-16-30(24-31)34-26-32(28-12-3-1-4-13-28)25-33(27-34)29-14-5-2-6-15-29/h1-27,43-44H. The lowest BCUT2D eigenvalue weighted by Gasteiger charge is -2.58. The Kier molecular flexibility index (Phi) is 5.57. The van der Waals surface area contributed by atoms with E-state index in [1.807, 2.05) is 0 Å². The molecule has 1 heteroatoms. The number of hydrogen-bond acceptors (Lipinski definition) is 0. The molecule has 0 aliphatic heterocycles. The van der Waals surface area contributed by atoms with Crippen LogP contribution in [-0.4, -0.2) is 0 Å². The number of benzene rings is 7. The maximum atomic E-state index is 4.04. The Morgan fingerprint density at radius 3 is 1.43 bits per heavy atom. The van der Waals surface area contributed by atoms with Crippen molar-refractivity contribution < 1.29 is 0 Å². The van der Waals surface area contributed by atoms with Gasteiger partial charge in [-0.2, -0.15) is 0 Å². The fourth-order valence-corrected chi connectivity index (χ4v) is 9.58. The van der Waals surface area contributed by atoms with Gasteiger partial charge in [-0.25, -0.2) is 0 Å². The molecule has 0 radical (unpaired) electrons. The molecule has 3 unspecified atom stereocenters. The molecule has 7 aromatic rings. The van der Waals surface area contributed by atoms with Gasteiger partial charge in [-0.3, -0.25) is 0 Å². The van der Waals surface area contributed by atoms with Crippen molar-refractivity contribution in [1.29, 1.82) is 0 Å². The van der Waals surface area contributed by atoms with Gasteiger partial charge in [0, 0.05) is 21.7 Å². The lowest BCUT2D eigenvalue weighted by atomic mass is 9.43. The highest BCUT2D eigenvalue weighted by Gasteiger charge is 2.70.